The minimum absolute atomic E-state index is 0.216. The lowest BCUT2D eigenvalue weighted by atomic mass is 10.0. The van der Waals surface area contributed by atoms with Crippen LogP contribution in [0.15, 0.2) is 36.5 Å². The molecule has 3 rings (SSSR count). The van der Waals surface area contributed by atoms with Gasteiger partial charge in [0.2, 0.25) is 0 Å². The van der Waals surface area contributed by atoms with E-state index in [4.69, 9.17) is 4.74 Å². The first-order valence-electron chi connectivity index (χ1n) is 8.75. The van der Waals surface area contributed by atoms with E-state index in [1.54, 1.807) is 11.1 Å². The number of ether oxygens (including phenoxy) is 1. The molecular weight excluding hydrogens is 316 g/mol. The maximum Gasteiger partial charge on any atom is 0.410 e. The topological polar surface area (TPSA) is 70.2 Å². The van der Waals surface area contributed by atoms with Gasteiger partial charge in [-0.05, 0) is 51.8 Å². The zero-order valence-corrected chi connectivity index (χ0v) is 15.1. The highest BCUT2D eigenvalue weighted by Crippen LogP contribution is 2.23. The van der Waals surface area contributed by atoms with Crippen molar-refractivity contribution in [1.82, 2.24) is 15.1 Å². The molecule has 1 saturated heterocycles. The summed E-state index contributed by atoms with van der Waals surface area (Å²) in [7, 11) is 0. The molecule has 0 saturated carbocycles. The smallest absolute Gasteiger partial charge is 0.410 e. The number of piperidine rings is 1. The number of carbonyl (C=O) groups excluding carboxylic acids is 1. The third-order valence-corrected chi connectivity index (χ3v) is 4.19. The van der Waals surface area contributed by atoms with Gasteiger partial charge in [0.25, 0.3) is 0 Å². The number of nitrogens with zero attached hydrogens (tertiary/aromatic N) is 2. The Morgan fingerprint density at radius 3 is 2.68 bits per heavy atom. The SMILES string of the molecule is CC(C)(C)OC(=O)N1CCC(Nc2cccc(-c3ccn[nH]3)c2)CC1. The van der Waals surface area contributed by atoms with Gasteiger partial charge >= 0.3 is 6.09 Å². The molecule has 1 aromatic carbocycles. The van der Waals surface area contributed by atoms with Crippen LogP contribution in [-0.4, -0.2) is 45.9 Å². The lowest BCUT2D eigenvalue weighted by Gasteiger charge is -2.34. The molecular formula is C19H26N4O2. The Morgan fingerprint density at radius 2 is 2.04 bits per heavy atom. The quantitative estimate of drug-likeness (QED) is 0.888. The van der Waals surface area contributed by atoms with Crippen molar-refractivity contribution in [2.75, 3.05) is 18.4 Å². The molecule has 6 heteroatoms. The molecule has 6 nitrogen and oxygen atoms in total. The summed E-state index contributed by atoms with van der Waals surface area (Å²) >= 11 is 0. The molecule has 1 aromatic heterocycles. The normalized spacial score (nSPS) is 15.9. The number of aromatic amines is 1. The van der Waals surface area contributed by atoms with Crippen molar-refractivity contribution < 1.29 is 9.53 Å². The van der Waals surface area contributed by atoms with E-state index in [-0.39, 0.29) is 6.09 Å². The average molecular weight is 342 g/mol. The lowest BCUT2D eigenvalue weighted by molar-refractivity contribution is 0.0210. The molecule has 0 unspecified atom stereocenters. The van der Waals surface area contributed by atoms with Crippen molar-refractivity contribution in [3.8, 4) is 11.3 Å². The summed E-state index contributed by atoms with van der Waals surface area (Å²) in [4.78, 5) is 13.9. The molecule has 0 spiro atoms. The number of hydrogen-bond donors (Lipinski definition) is 2. The summed E-state index contributed by atoms with van der Waals surface area (Å²) in [5.74, 6) is 0. The van der Waals surface area contributed by atoms with Crippen molar-refractivity contribution in [3.05, 3.63) is 36.5 Å². The fourth-order valence-corrected chi connectivity index (χ4v) is 2.96. The molecule has 134 valence electrons. The molecule has 2 aromatic rings. The third kappa shape index (κ3) is 4.75. The predicted octanol–water partition coefficient (Wildman–Crippen LogP) is 3.89. The van der Waals surface area contributed by atoms with Crippen molar-refractivity contribution in [1.29, 1.82) is 0 Å². The van der Waals surface area contributed by atoms with Crippen LogP contribution in [0.25, 0.3) is 11.3 Å². The van der Waals surface area contributed by atoms with Gasteiger partial charge in [-0.2, -0.15) is 5.10 Å². The van der Waals surface area contributed by atoms with E-state index in [1.165, 1.54) is 0 Å². The van der Waals surface area contributed by atoms with E-state index in [9.17, 15) is 4.79 Å². The fraction of sp³-hybridized carbons (Fsp3) is 0.474. The van der Waals surface area contributed by atoms with Crippen molar-refractivity contribution in [2.45, 2.75) is 45.3 Å². The highest BCUT2D eigenvalue weighted by molar-refractivity contribution is 5.68. The van der Waals surface area contributed by atoms with Crippen LogP contribution >= 0.6 is 0 Å². The first-order chi connectivity index (χ1) is 11.9. The Balaban J connectivity index is 1.54. The second-order valence-corrected chi connectivity index (χ2v) is 7.44. The van der Waals surface area contributed by atoms with Crippen LogP contribution in [0.5, 0.6) is 0 Å². The summed E-state index contributed by atoms with van der Waals surface area (Å²) in [5.41, 5.74) is 2.75. The largest absolute Gasteiger partial charge is 0.444 e. The molecule has 1 amide bonds. The minimum atomic E-state index is -0.445. The minimum Gasteiger partial charge on any atom is -0.444 e. The summed E-state index contributed by atoms with van der Waals surface area (Å²) in [5, 5.41) is 10.6. The Kier molecular flexibility index (Phi) is 4.97. The van der Waals surface area contributed by atoms with Gasteiger partial charge in [-0.25, -0.2) is 4.79 Å². The van der Waals surface area contributed by atoms with Gasteiger partial charge in [-0.3, -0.25) is 5.10 Å². The van der Waals surface area contributed by atoms with Crippen LogP contribution in [0.3, 0.4) is 0 Å². The number of anilines is 1. The molecule has 2 heterocycles. The van der Waals surface area contributed by atoms with E-state index < -0.39 is 5.60 Å². The number of nitrogens with one attached hydrogen (secondary N) is 2. The molecule has 0 radical (unpaired) electrons. The van der Waals surface area contributed by atoms with E-state index in [2.05, 4.69) is 33.7 Å². The standard InChI is InChI=1S/C19H26N4O2/c1-19(2,3)25-18(24)23-11-8-15(9-12-23)21-16-6-4-5-14(13-16)17-7-10-20-22-17/h4-7,10,13,15,21H,8-9,11-12H2,1-3H3,(H,20,22). The number of carbonyl (C=O) groups is 1. The second-order valence-electron chi connectivity index (χ2n) is 7.44. The van der Waals surface area contributed by atoms with Crippen LogP contribution < -0.4 is 5.32 Å². The van der Waals surface area contributed by atoms with Crippen molar-refractivity contribution in [3.63, 3.8) is 0 Å². The number of amides is 1. The molecule has 1 aliphatic heterocycles. The molecule has 0 atom stereocenters. The van der Waals surface area contributed by atoms with Gasteiger partial charge in [0.15, 0.2) is 0 Å². The van der Waals surface area contributed by atoms with Crippen LogP contribution in [0.2, 0.25) is 0 Å². The lowest BCUT2D eigenvalue weighted by Crippen LogP contribution is -2.44. The van der Waals surface area contributed by atoms with Crippen LogP contribution in [0.1, 0.15) is 33.6 Å². The predicted molar refractivity (Wildman–Crippen MR) is 98.5 cm³/mol. The van der Waals surface area contributed by atoms with Gasteiger partial charge in [-0.1, -0.05) is 12.1 Å². The van der Waals surface area contributed by atoms with Crippen LogP contribution in [0, 0.1) is 0 Å². The first-order valence-corrected chi connectivity index (χ1v) is 8.75. The molecule has 1 aliphatic rings. The van der Waals surface area contributed by atoms with Gasteiger partial charge in [0, 0.05) is 36.6 Å². The number of benzene rings is 1. The summed E-state index contributed by atoms with van der Waals surface area (Å²) in [6.45, 7) is 7.11. The van der Waals surface area contributed by atoms with E-state index in [0.717, 1.165) is 29.8 Å². The Morgan fingerprint density at radius 1 is 1.28 bits per heavy atom. The Hall–Kier alpha value is -2.50. The van der Waals surface area contributed by atoms with Crippen molar-refractivity contribution >= 4 is 11.8 Å². The van der Waals surface area contributed by atoms with E-state index in [0.29, 0.717) is 19.1 Å². The molecule has 1 fully saturated rings. The van der Waals surface area contributed by atoms with Crippen LogP contribution in [-0.2, 0) is 4.74 Å². The highest BCUT2D eigenvalue weighted by Gasteiger charge is 2.26. The van der Waals surface area contributed by atoms with E-state index in [1.807, 2.05) is 32.9 Å². The molecule has 2 N–H and O–H groups in total. The zero-order valence-electron chi connectivity index (χ0n) is 15.1. The van der Waals surface area contributed by atoms with Gasteiger partial charge in [-0.15, -0.1) is 0 Å². The Labute approximate surface area is 148 Å². The Bertz CT molecular complexity index is 698. The van der Waals surface area contributed by atoms with Gasteiger partial charge in [0.1, 0.15) is 5.60 Å². The number of rotatable bonds is 3. The maximum atomic E-state index is 12.1. The summed E-state index contributed by atoms with van der Waals surface area (Å²) in [6, 6.07) is 10.6. The molecule has 0 bridgehead atoms. The molecule has 25 heavy (non-hydrogen) atoms. The van der Waals surface area contributed by atoms with Crippen molar-refractivity contribution in [2.24, 2.45) is 0 Å². The molecule has 0 aliphatic carbocycles. The van der Waals surface area contributed by atoms with E-state index >= 15 is 0 Å². The maximum absolute atomic E-state index is 12.1. The monoisotopic (exact) mass is 342 g/mol. The fourth-order valence-electron chi connectivity index (χ4n) is 2.96. The van der Waals surface area contributed by atoms with Crippen LogP contribution in [0.4, 0.5) is 10.5 Å². The average Bonchev–Trinajstić information content (AvgIpc) is 3.09. The number of aromatic nitrogens is 2. The first kappa shape index (κ1) is 17.3. The number of likely N-dealkylation sites (tertiary alicyclic amines) is 1. The number of hydrogen-bond acceptors (Lipinski definition) is 4. The number of H-pyrrole nitrogens is 1. The second kappa shape index (κ2) is 7.17. The summed E-state index contributed by atoms with van der Waals surface area (Å²) in [6.07, 6.45) is 3.36. The van der Waals surface area contributed by atoms with Gasteiger partial charge in [0.05, 0.1) is 5.69 Å². The third-order valence-electron chi connectivity index (χ3n) is 4.19. The highest BCUT2D eigenvalue weighted by atomic mass is 16.6. The summed E-state index contributed by atoms with van der Waals surface area (Å²) < 4.78 is 5.44. The zero-order chi connectivity index (χ0) is 17.9. The van der Waals surface area contributed by atoms with Gasteiger partial charge < -0.3 is 15.0 Å².